The summed E-state index contributed by atoms with van der Waals surface area (Å²) in [4.78, 5) is 11.6. The van der Waals surface area contributed by atoms with Crippen molar-refractivity contribution in [2.75, 3.05) is 5.33 Å². The maximum Gasteiger partial charge on any atom is 0.287 e. The predicted molar refractivity (Wildman–Crippen MR) is 58.6 cm³/mol. The van der Waals surface area contributed by atoms with Gasteiger partial charge in [-0.15, -0.1) is 0 Å². The molecule has 0 aliphatic carbocycles. The molecular formula is C10H14BrNO2. The summed E-state index contributed by atoms with van der Waals surface area (Å²) in [6, 6.07) is 3.49. The van der Waals surface area contributed by atoms with E-state index in [1.807, 2.05) is 0 Å². The number of nitrogens with one attached hydrogen (secondary N) is 1. The van der Waals surface area contributed by atoms with Gasteiger partial charge in [0.1, 0.15) is 0 Å². The zero-order valence-corrected chi connectivity index (χ0v) is 9.87. The topological polar surface area (TPSA) is 42.2 Å². The van der Waals surface area contributed by atoms with Crippen molar-refractivity contribution in [3.8, 4) is 0 Å². The van der Waals surface area contributed by atoms with E-state index < -0.39 is 0 Å². The Kier molecular flexibility index (Phi) is 4.20. The average molecular weight is 260 g/mol. The highest BCUT2D eigenvalue weighted by molar-refractivity contribution is 9.09. The second-order valence-electron chi connectivity index (χ2n) is 3.46. The molecule has 1 heterocycles. The number of carbonyl (C=O) groups is 1. The number of hydrogen-bond acceptors (Lipinski definition) is 2. The van der Waals surface area contributed by atoms with Gasteiger partial charge in [-0.2, -0.15) is 0 Å². The Hall–Kier alpha value is -0.770. The highest BCUT2D eigenvalue weighted by Crippen LogP contribution is 2.07. The summed E-state index contributed by atoms with van der Waals surface area (Å²) in [6.07, 6.45) is 1.49. The van der Waals surface area contributed by atoms with Gasteiger partial charge < -0.3 is 9.73 Å². The molecule has 0 aromatic carbocycles. The van der Waals surface area contributed by atoms with Gasteiger partial charge in [-0.3, -0.25) is 4.79 Å². The van der Waals surface area contributed by atoms with Crippen molar-refractivity contribution in [3.63, 3.8) is 0 Å². The quantitative estimate of drug-likeness (QED) is 0.845. The van der Waals surface area contributed by atoms with Crippen molar-refractivity contribution in [3.05, 3.63) is 24.2 Å². The van der Waals surface area contributed by atoms with Crippen molar-refractivity contribution < 1.29 is 9.21 Å². The first-order chi connectivity index (χ1) is 6.65. The van der Waals surface area contributed by atoms with Gasteiger partial charge in [-0.1, -0.05) is 29.8 Å². The van der Waals surface area contributed by atoms with E-state index in [-0.39, 0.29) is 11.9 Å². The van der Waals surface area contributed by atoms with Gasteiger partial charge in [-0.25, -0.2) is 0 Å². The number of amides is 1. The maximum atomic E-state index is 11.6. The predicted octanol–water partition coefficient (Wildman–Crippen LogP) is 2.43. The second-order valence-corrected chi connectivity index (χ2v) is 4.10. The van der Waals surface area contributed by atoms with Gasteiger partial charge in [0.05, 0.1) is 6.26 Å². The molecule has 14 heavy (non-hydrogen) atoms. The molecule has 1 amide bonds. The molecule has 1 aromatic heterocycles. The van der Waals surface area contributed by atoms with E-state index in [1.54, 1.807) is 12.1 Å². The van der Waals surface area contributed by atoms with Crippen molar-refractivity contribution in [1.29, 1.82) is 0 Å². The van der Waals surface area contributed by atoms with Crippen molar-refractivity contribution in [2.24, 2.45) is 5.92 Å². The van der Waals surface area contributed by atoms with E-state index in [1.165, 1.54) is 6.26 Å². The zero-order chi connectivity index (χ0) is 10.6. The Morgan fingerprint density at radius 2 is 2.36 bits per heavy atom. The molecule has 1 atom stereocenters. The Morgan fingerprint density at radius 3 is 2.79 bits per heavy atom. The first-order valence-electron chi connectivity index (χ1n) is 4.55. The number of carbonyl (C=O) groups excluding carboxylic acids is 1. The fourth-order valence-corrected chi connectivity index (χ4v) is 1.94. The summed E-state index contributed by atoms with van der Waals surface area (Å²) in [6.45, 7) is 4.13. The third kappa shape index (κ3) is 2.87. The first kappa shape index (κ1) is 11.3. The number of furan rings is 1. The van der Waals surface area contributed by atoms with Crippen molar-refractivity contribution >= 4 is 21.8 Å². The lowest BCUT2D eigenvalue weighted by atomic mass is 10.1. The molecule has 78 valence electrons. The number of halogens is 1. The minimum absolute atomic E-state index is 0.132. The third-order valence-corrected chi connectivity index (χ3v) is 2.73. The number of hydrogen-bond donors (Lipinski definition) is 1. The van der Waals surface area contributed by atoms with Crippen LogP contribution < -0.4 is 5.32 Å². The van der Waals surface area contributed by atoms with Crippen LogP contribution in [0.2, 0.25) is 0 Å². The standard InChI is InChI=1S/C10H14BrNO2/c1-7(2)8(6-11)12-10(13)9-4-3-5-14-9/h3-5,7-8H,6H2,1-2H3,(H,12,13). The van der Waals surface area contributed by atoms with E-state index in [0.29, 0.717) is 11.7 Å². The molecule has 0 radical (unpaired) electrons. The van der Waals surface area contributed by atoms with E-state index in [4.69, 9.17) is 4.42 Å². The molecule has 1 rings (SSSR count). The van der Waals surface area contributed by atoms with Crippen molar-refractivity contribution in [1.82, 2.24) is 5.32 Å². The summed E-state index contributed by atoms with van der Waals surface area (Å²) in [5.41, 5.74) is 0. The minimum Gasteiger partial charge on any atom is -0.459 e. The summed E-state index contributed by atoms with van der Waals surface area (Å²) in [7, 11) is 0. The van der Waals surface area contributed by atoms with Gasteiger partial charge >= 0.3 is 0 Å². The van der Waals surface area contributed by atoms with Gasteiger partial charge in [0.25, 0.3) is 5.91 Å². The van der Waals surface area contributed by atoms with Gasteiger partial charge in [0.2, 0.25) is 0 Å². The lowest BCUT2D eigenvalue weighted by molar-refractivity contribution is 0.0903. The fourth-order valence-electron chi connectivity index (χ4n) is 1.03. The fraction of sp³-hybridized carbons (Fsp3) is 0.500. The molecular weight excluding hydrogens is 246 g/mol. The van der Waals surface area contributed by atoms with Crippen LogP contribution in [0, 0.1) is 5.92 Å². The lowest BCUT2D eigenvalue weighted by Gasteiger charge is -2.18. The smallest absolute Gasteiger partial charge is 0.287 e. The molecule has 0 fully saturated rings. The van der Waals surface area contributed by atoms with Crippen LogP contribution in [0.1, 0.15) is 24.4 Å². The van der Waals surface area contributed by atoms with Crippen LogP contribution in [0.25, 0.3) is 0 Å². The minimum atomic E-state index is -0.159. The van der Waals surface area contributed by atoms with Crippen LogP contribution in [0.4, 0.5) is 0 Å². The molecule has 0 spiro atoms. The Labute approximate surface area is 92.0 Å². The molecule has 1 N–H and O–H groups in total. The lowest BCUT2D eigenvalue weighted by Crippen LogP contribution is -2.39. The molecule has 0 saturated carbocycles. The molecule has 0 bridgehead atoms. The SMILES string of the molecule is CC(C)C(CBr)NC(=O)c1ccco1. The molecule has 4 heteroatoms. The average Bonchev–Trinajstić information content (AvgIpc) is 2.65. The summed E-state index contributed by atoms with van der Waals surface area (Å²) in [5, 5.41) is 3.64. The number of rotatable bonds is 4. The zero-order valence-electron chi connectivity index (χ0n) is 8.29. The van der Waals surface area contributed by atoms with Crippen molar-refractivity contribution in [2.45, 2.75) is 19.9 Å². The van der Waals surface area contributed by atoms with E-state index >= 15 is 0 Å². The Morgan fingerprint density at radius 1 is 1.64 bits per heavy atom. The van der Waals surface area contributed by atoms with Gasteiger partial charge in [0, 0.05) is 11.4 Å². The Balaban J connectivity index is 2.56. The maximum absolute atomic E-state index is 11.6. The van der Waals surface area contributed by atoms with Crippen LogP contribution in [0.3, 0.4) is 0 Å². The van der Waals surface area contributed by atoms with Crippen LogP contribution in [-0.4, -0.2) is 17.3 Å². The van der Waals surface area contributed by atoms with E-state index in [0.717, 1.165) is 5.33 Å². The third-order valence-electron chi connectivity index (χ3n) is 2.03. The highest BCUT2D eigenvalue weighted by Gasteiger charge is 2.16. The van der Waals surface area contributed by atoms with Gasteiger partial charge in [-0.05, 0) is 18.1 Å². The highest BCUT2D eigenvalue weighted by atomic mass is 79.9. The van der Waals surface area contributed by atoms with Crippen LogP contribution in [0.5, 0.6) is 0 Å². The second kappa shape index (κ2) is 5.20. The molecule has 0 saturated heterocycles. The van der Waals surface area contributed by atoms with Gasteiger partial charge in [0.15, 0.2) is 5.76 Å². The normalized spacial score (nSPS) is 12.9. The molecule has 1 aromatic rings. The molecule has 1 unspecified atom stereocenters. The molecule has 0 aliphatic heterocycles. The van der Waals surface area contributed by atoms with E-state index in [2.05, 4.69) is 35.1 Å². The number of alkyl halides is 1. The summed E-state index contributed by atoms with van der Waals surface area (Å²) in [5.74, 6) is 0.595. The molecule has 3 nitrogen and oxygen atoms in total. The van der Waals surface area contributed by atoms with Crippen LogP contribution in [0.15, 0.2) is 22.8 Å². The van der Waals surface area contributed by atoms with E-state index in [9.17, 15) is 4.79 Å². The Bertz CT molecular complexity index is 282. The summed E-state index contributed by atoms with van der Waals surface area (Å²) >= 11 is 3.36. The molecule has 0 aliphatic rings. The first-order valence-corrected chi connectivity index (χ1v) is 5.67. The largest absolute Gasteiger partial charge is 0.459 e. The monoisotopic (exact) mass is 259 g/mol. The van der Waals surface area contributed by atoms with Crippen LogP contribution >= 0.6 is 15.9 Å². The van der Waals surface area contributed by atoms with Crippen LogP contribution in [-0.2, 0) is 0 Å². The summed E-state index contributed by atoms with van der Waals surface area (Å²) < 4.78 is 4.99.